The summed E-state index contributed by atoms with van der Waals surface area (Å²) in [4.78, 5) is 27.9. The maximum atomic E-state index is 13.8. The smallest absolute Gasteiger partial charge is 0.340 e. The molecule has 3 aromatic carbocycles. The van der Waals surface area contributed by atoms with E-state index < -0.39 is 21.9 Å². The highest BCUT2D eigenvalue weighted by Gasteiger charge is 2.38. The predicted octanol–water partition coefficient (Wildman–Crippen LogP) is 7.82. The highest BCUT2D eigenvalue weighted by atomic mass is 35.5. The van der Waals surface area contributed by atoms with E-state index in [0.717, 1.165) is 5.56 Å². The second-order valence-electron chi connectivity index (χ2n) is 10.3. The first-order chi connectivity index (χ1) is 21.4. The van der Waals surface area contributed by atoms with Crippen LogP contribution in [0.1, 0.15) is 29.6 Å². The van der Waals surface area contributed by atoms with Crippen LogP contribution in [0.15, 0.2) is 105 Å². The Kier molecular flexibility index (Phi) is 9.57. The Morgan fingerprint density at radius 3 is 2.33 bits per heavy atom. The van der Waals surface area contributed by atoms with Crippen LogP contribution in [0.5, 0.6) is 0 Å². The van der Waals surface area contributed by atoms with E-state index in [-0.39, 0.29) is 34.9 Å². The van der Waals surface area contributed by atoms with E-state index in [4.69, 9.17) is 44.0 Å². The fourth-order valence-electron chi connectivity index (χ4n) is 4.91. The van der Waals surface area contributed by atoms with Gasteiger partial charge in [-0.05, 0) is 80.1 Å². The molecule has 0 fully saturated rings. The van der Waals surface area contributed by atoms with Crippen molar-refractivity contribution in [3.8, 4) is 0 Å². The lowest BCUT2D eigenvalue weighted by Gasteiger charge is -2.22. The van der Waals surface area contributed by atoms with Gasteiger partial charge in [-0.25, -0.2) is 13.2 Å². The van der Waals surface area contributed by atoms with Crippen molar-refractivity contribution in [2.75, 3.05) is 12.0 Å². The Morgan fingerprint density at radius 2 is 1.67 bits per heavy atom. The minimum Gasteiger partial charge on any atom is -0.465 e. The lowest BCUT2D eigenvalue weighted by atomic mass is 10.1. The molecule has 0 spiro atoms. The second kappa shape index (κ2) is 13.2. The van der Waals surface area contributed by atoms with E-state index in [1.165, 1.54) is 22.4 Å². The van der Waals surface area contributed by atoms with Gasteiger partial charge < -0.3 is 9.15 Å². The number of methoxy groups -OCH3 is 1. The number of nitrogens with zero attached hydrogens (tertiary/aromatic N) is 2. The van der Waals surface area contributed by atoms with Crippen LogP contribution in [-0.2, 0) is 37.4 Å². The molecule has 1 aliphatic heterocycles. The van der Waals surface area contributed by atoms with Gasteiger partial charge in [0.2, 0.25) is 10.0 Å². The molecule has 4 aromatic rings. The first kappa shape index (κ1) is 32.5. The molecule has 232 valence electrons. The second-order valence-corrected chi connectivity index (χ2v) is 13.5. The number of esters is 1. The van der Waals surface area contributed by atoms with Gasteiger partial charge in [0.1, 0.15) is 11.5 Å². The van der Waals surface area contributed by atoms with E-state index in [9.17, 15) is 18.0 Å². The van der Waals surface area contributed by atoms with Crippen LogP contribution in [-0.4, -0.2) is 31.7 Å². The lowest BCUT2D eigenvalue weighted by molar-refractivity contribution is -0.136. The third kappa shape index (κ3) is 6.88. The molecular formula is C33H27Cl3N2O6S. The fourth-order valence-corrected chi connectivity index (χ4v) is 6.81. The van der Waals surface area contributed by atoms with Gasteiger partial charge in [-0.15, -0.1) is 0 Å². The number of rotatable bonds is 9. The minimum absolute atomic E-state index is 0.0221. The quantitative estimate of drug-likeness (QED) is 0.132. The van der Waals surface area contributed by atoms with E-state index in [1.54, 1.807) is 85.8 Å². The molecule has 0 unspecified atom stereocenters. The Balaban J connectivity index is 1.49. The molecule has 2 heterocycles. The largest absolute Gasteiger partial charge is 0.465 e. The molecule has 0 saturated carbocycles. The summed E-state index contributed by atoms with van der Waals surface area (Å²) in [6.45, 7) is 3.34. The van der Waals surface area contributed by atoms with Crippen molar-refractivity contribution >= 4 is 68.5 Å². The number of carbonyl (C=O) groups is 2. The first-order valence-electron chi connectivity index (χ1n) is 13.6. The van der Waals surface area contributed by atoms with E-state index in [0.29, 0.717) is 37.8 Å². The molecule has 1 aromatic heterocycles. The van der Waals surface area contributed by atoms with Gasteiger partial charge in [0.15, 0.2) is 0 Å². The summed E-state index contributed by atoms with van der Waals surface area (Å²) < 4.78 is 39.9. The van der Waals surface area contributed by atoms with Crippen LogP contribution < -0.4 is 4.90 Å². The zero-order valence-electron chi connectivity index (χ0n) is 24.4. The maximum Gasteiger partial charge on any atom is 0.340 e. The van der Waals surface area contributed by atoms with Gasteiger partial charge in [0.05, 0.1) is 45.4 Å². The van der Waals surface area contributed by atoms with Crippen LogP contribution in [0, 0.1) is 6.92 Å². The van der Waals surface area contributed by atoms with E-state index >= 15 is 0 Å². The first-order valence-corrected chi connectivity index (χ1v) is 16.2. The van der Waals surface area contributed by atoms with Gasteiger partial charge in [-0.1, -0.05) is 64.6 Å². The zero-order valence-corrected chi connectivity index (χ0v) is 27.5. The summed E-state index contributed by atoms with van der Waals surface area (Å²) in [6.07, 6.45) is 1.43. The average Bonchev–Trinajstić information content (AvgIpc) is 3.55. The van der Waals surface area contributed by atoms with Gasteiger partial charge in [0, 0.05) is 17.3 Å². The van der Waals surface area contributed by atoms with Crippen molar-refractivity contribution in [2.45, 2.75) is 31.8 Å². The Morgan fingerprint density at radius 1 is 0.933 bits per heavy atom. The minimum atomic E-state index is -3.99. The molecule has 1 aliphatic rings. The van der Waals surface area contributed by atoms with Gasteiger partial charge >= 0.3 is 5.97 Å². The van der Waals surface area contributed by atoms with Crippen LogP contribution >= 0.6 is 34.8 Å². The number of aryl methyl sites for hydroxylation is 1. The molecule has 0 aliphatic carbocycles. The molecular weight excluding hydrogens is 659 g/mol. The van der Waals surface area contributed by atoms with Crippen molar-refractivity contribution < 1.29 is 27.2 Å². The number of sulfonamides is 1. The summed E-state index contributed by atoms with van der Waals surface area (Å²) in [5, 5.41) is 1.07. The van der Waals surface area contributed by atoms with Gasteiger partial charge in [-0.2, -0.15) is 4.31 Å². The van der Waals surface area contributed by atoms with Crippen molar-refractivity contribution in [1.82, 2.24) is 4.31 Å². The SMILES string of the molecule is COC(=O)C1=C(C)N(c2cccc(Cl)c2)C(=O)/C1=C/c1ccc(CN(Cc2ccc(Cl)c(Cl)c2)S(=O)(=O)c2ccc(C)cc2)o1. The Labute approximate surface area is 276 Å². The van der Waals surface area contributed by atoms with Crippen molar-refractivity contribution in [2.24, 2.45) is 0 Å². The van der Waals surface area contributed by atoms with E-state index in [2.05, 4.69) is 0 Å². The molecule has 5 rings (SSSR count). The molecule has 0 bridgehead atoms. The standard InChI is InChI=1S/C33H27Cl3N2O6S/c1-20-7-12-27(13-8-20)45(41,42)37(18-22-9-14-29(35)30(36)15-22)19-26-11-10-25(44-26)17-28-31(33(40)43-3)21(2)38(32(28)39)24-6-4-5-23(34)16-24/h4-17H,18-19H2,1-3H3/b28-17+. The number of allylic oxidation sites excluding steroid dienone is 1. The zero-order chi connectivity index (χ0) is 32.5. The van der Waals surface area contributed by atoms with Gasteiger partial charge in [-0.3, -0.25) is 9.69 Å². The average molecular weight is 686 g/mol. The third-order valence-electron chi connectivity index (χ3n) is 7.16. The van der Waals surface area contributed by atoms with E-state index in [1.807, 2.05) is 6.92 Å². The number of halogens is 3. The summed E-state index contributed by atoms with van der Waals surface area (Å²) in [7, 11) is -2.76. The Hall–Kier alpha value is -3.86. The molecule has 0 atom stereocenters. The summed E-state index contributed by atoms with van der Waals surface area (Å²) >= 11 is 18.5. The summed E-state index contributed by atoms with van der Waals surface area (Å²) in [6, 6.07) is 21.4. The fraction of sp³-hybridized carbons (Fsp3) is 0.152. The number of carbonyl (C=O) groups excluding carboxylic acids is 2. The number of amides is 1. The molecule has 45 heavy (non-hydrogen) atoms. The normalized spacial score (nSPS) is 14.6. The van der Waals surface area contributed by atoms with Crippen molar-refractivity contribution in [3.05, 3.63) is 133 Å². The molecule has 0 N–H and O–H groups in total. The molecule has 1 amide bonds. The topological polar surface area (TPSA) is 97.1 Å². The number of hydrogen-bond acceptors (Lipinski definition) is 6. The molecule has 12 heteroatoms. The summed E-state index contributed by atoms with van der Waals surface area (Å²) in [5.74, 6) is -0.635. The van der Waals surface area contributed by atoms with Gasteiger partial charge in [0.25, 0.3) is 5.91 Å². The van der Waals surface area contributed by atoms with Crippen molar-refractivity contribution in [1.29, 1.82) is 0 Å². The lowest BCUT2D eigenvalue weighted by Crippen LogP contribution is -2.30. The molecule has 0 radical (unpaired) electrons. The number of ether oxygens (including phenoxy) is 1. The highest BCUT2D eigenvalue weighted by molar-refractivity contribution is 7.89. The monoisotopic (exact) mass is 684 g/mol. The molecule has 0 saturated heterocycles. The van der Waals surface area contributed by atoms with Crippen LogP contribution in [0.4, 0.5) is 5.69 Å². The third-order valence-corrected chi connectivity index (χ3v) is 9.94. The summed E-state index contributed by atoms with van der Waals surface area (Å²) in [5.41, 5.74) is 2.51. The van der Waals surface area contributed by atoms with Crippen LogP contribution in [0.3, 0.4) is 0 Å². The van der Waals surface area contributed by atoms with Crippen LogP contribution in [0.2, 0.25) is 15.1 Å². The Bertz CT molecular complexity index is 1970. The number of furan rings is 1. The number of hydrogen-bond donors (Lipinski definition) is 0. The predicted molar refractivity (Wildman–Crippen MR) is 174 cm³/mol. The molecule has 8 nitrogen and oxygen atoms in total. The highest BCUT2D eigenvalue weighted by Crippen LogP contribution is 2.36. The van der Waals surface area contributed by atoms with Crippen LogP contribution in [0.25, 0.3) is 6.08 Å². The maximum absolute atomic E-state index is 13.8. The number of benzene rings is 3. The number of anilines is 1. The van der Waals surface area contributed by atoms with Crippen molar-refractivity contribution in [3.63, 3.8) is 0 Å².